The van der Waals surface area contributed by atoms with Gasteiger partial charge in [0, 0.05) is 44.0 Å². The molecule has 1 aromatic rings. The highest BCUT2D eigenvalue weighted by Gasteiger charge is 2.29. The van der Waals surface area contributed by atoms with E-state index in [-0.39, 0.29) is 16.9 Å². The number of hydrogen-bond donors (Lipinski definition) is 1. The molecule has 2 saturated heterocycles. The first-order valence-electron chi connectivity index (χ1n) is 8.86. The van der Waals surface area contributed by atoms with Crippen LogP contribution in [0.25, 0.3) is 0 Å². The van der Waals surface area contributed by atoms with E-state index in [4.69, 9.17) is 0 Å². The number of carbonyl (C=O) groups is 1. The summed E-state index contributed by atoms with van der Waals surface area (Å²) in [7, 11) is -3.32. The van der Waals surface area contributed by atoms with Crippen LogP contribution in [0, 0.1) is 0 Å². The molecule has 0 aliphatic carbocycles. The van der Waals surface area contributed by atoms with Crippen molar-refractivity contribution in [3.63, 3.8) is 0 Å². The number of rotatable bonds is 3. The molecule has 2 fully saturated rings. The Morgan fingerprint density at radius 3 is 2.32 bits per heavy atom. The fourth-order valence-corrected chi connectivity index (χ4v) is 4.39. The quantitative estimate of drug-likeness (QED) is 0.868. The van der Waals surface area contributed by atoms with Gasteiger partial charge < -0.3 is 14.9 Å². The molecule has 1 amide bonds. The summed E-state index contributed by atoms with van der Waals surface area (Å²) in [5.74, 6) is -0.0991. The van der Waals surface area contributed by atoms with Crippen LogP contribution < -0.4 is 0 Å². The maximum Gasteiger partial charge on any atom is 0.253 e. The topological polar surface area (TPSA) is 77.9 Å². The van der Waals surface area contributed by atoms with Crippen molar-refractivity contribution in [1.82, 2.24) is 9.80 Å². The monoisotopic (exact) mass is 366 g/mol. The van der Waals surface area contributed by atoms with Crippen LogP contribution >= 0.6 is 0 Å². The van der Waals surface area contributed by atoms with Gasteiger partial charge in [0.15, 0.2) is 9.84 Å². The lowest BCUT2D eigenvalue weighted by Gasteiger charge is -2.41. The minimum atomic E-state index is -3.32. The number of sulfone groups is 1. The van der Waals surface area contributed by atoms with Crippen LogP contribution in [0.4, 0.5) is 0 Å². The molecule has 7 heteroatoms. The van der Waals surface area contributed by atoms with Crippen LogP contribution in [-0.2, 0) is 9.84 Å². The average Bonchev–Trinajstić information content (AvgIpc) is 2.61. The SMILES string of the molecule is CS(=O)(=O)c1cccc(C(=O)N2CCC(N3CCC(O)CC3)CC2)c1. The van der Waals surface area contributed by atoms with Crippen molar-refractivity contribution in [1.29, 1.82) is 0 Å². The summed E-state index contributed by atoms with van der Waals surface area (Å²) in [6, 6.07) is 6.75. The van der Waals surface area contributed by atoms with Crippen LogP contribution in [0.5, 0.6) is 0 Å². The van der Waals surface area contributed by atoms with Gasteiger partial charge in [-0.3, -0.25) is 4.79 Å². The standard InChI is InChI=1S/C18H26N2O4S/c1-25(23,24)17-4-2-3-14(13-17)18(22)20-9-5-15(6-10-20)19-11-7-16(21)8-12-19/h2-4,13,15-16,21H,5-12H2,1H3. The van der Waals surface area contributed by atoms with E-state index in [1.165, 1.54) is 12.1 Å². The van der Waals surface area contributed by atoms with Crippen LogP contribution in [0.1, 0.15) is 36.0 Å². The molecule has 0 atom stereocenters. The molecule has 3 rings (SSSR count). The molecule has 1 N–H and O–H groups in total. The number of hydrogen-bond acceptors (Lipinski definition) is 5. The van der Waals surface area contributed by atoms with E-state index in [9.17, 15) is 18.3 Å². The highest BCUT2D eigenvalue weighted by molar-refractivity contribution is 7.90. The van der Waals surface area contributed by atoms with E-state index in [2.05, 4.69) is 4.90 Å². The molecule has 25 heavy (non-hydrogen) atoms. The van der Waals surface area contributed by atoms with Gasteiger partial charge in [0.1, 0.15) is 0 Å². The molecule has 0 bridgehead atoms. The van der Waals surface area contributed by atoms with Crippen molar-refractivity contribution in [2.24, 2.45) is 0 Å². The van der Waals surface area contributed by atoms with Crippen molar-refractivity contribution in [3.05, 3.63) is 29.8 Å². The van der Waals surface area contributed by atoms with E-state index in [0.717, 1.165) is 45.0 Å². The zero-order chi connectivity index (χ0) is 18.0. The smallest absolute Gasteiger partial charge is 0.253 e. The van der Waals surface area contributed by atoms with Crippen molar-refractivity contribution in [3.8, 4) is 0 Å². The zero-order valence-corrected chi connectivity index (χ0v) is 15.4. The van der Waals surface area contributed by atoms with Gasteiger partial charge in [-0.05, 0) is 43.9 Å². The van der Waals surface area contributed by atoms with Crippen LogP contribution in [0.3, 0.4) is 0 Å². The molecular weight excluding hydrogens is 340 g/mol. The van der Waals surface area contributed by atoms with E-state index in [1.54, 1.807) is 12.1 Å². The second-order valence-corrected chi connectivity index (χ2v) is 9.11. The van der Waals surface area contributed by atoms with Crippen molar-refractivity contribution in [2.75, 3.05) is 32.4 Å². The van der Waals surface area contributed by atoms with E-state index < -0.39 is 9.84 Å². The molecule has 0 radical (unpaired) electrons. The fourth-order valence-electron chi connectivity index (χ4n) is 3.73. The second-order valence-electron chi connectivity index (χ2n) is 7.09. The third kappa shape index (κ3) is 4.40. The summed E-state index contributed by atoms with van der Waals surface area (Å²) in [6.07, 6.45) is 4.49. The summed E-state index contributed by atoms with van der Waals surface area (Å²) in [4.78, 5) is 17.1. The third-order valence-corrected chi connectivity index (χ3v) is 6.39. The molecular formula is C18H26N2O4S. The molecule has 0 unspecified atom stereocenters. The average molecular weight is 366 g/mol. The summed E-state index contributed by atoms with van der Waals surface area (Å²) in [6.45, 7) is 3.23. The van der Waals surface area contributed by atoms with Crippen molar-refractivity contribution in [2.45, 2.75) is 42.7 Å². The molecule has 2 aliphatic rings. The Morgan fingerprint density at radius 2 is 1.72 bits per heavy atom. The van der Waals surface area contributed by atoms with Crippen molar-refractivity contribution >= 4 is 15.7 Å². The minimum Gasteiger partial charge on any atom is -0.393 e. The van der Waals surface area contributed by atoms with Gasteiger partial charge in [-0.2, -0.15) is 0 Å². The summed E-state index contributed by atoms with van der Waals surface area (Å²) >= 11 is 0. The Kier molecular flexibility index (Phi) is 5.46. The lowest BCUT2D eigenvalue weighted by atomic mass is 9.98. The lowest BCUT2D eigenvalue weighted by Crippen LogP contribution is -2.49. The molecule has 2 aliphatic heterocycles. The molecule has 1 aromatic carbocycles. The molecule has 0 spiro atoms. The minimum absolute atomic E-state index is 0.0991. The largest absolute Gasteiger partial charge is 0.393 e. The van der Waals surface area contributed by atoms with Gasteiger partial charge in [0.05, 0.1) is 11.0 Å². The molecule has 6 nitrogen and oxygen atoms in total. The van der Waals surface area contributed by atoms with Crippen LogP contribution in [0.2, 0.25) is 0 Å². The van der Waals surface area contributed by atoms with Gasteiger partial charge in [-0.15, -0.1) is 0 Å². The number of carbonyl (C=O) groups excluding carboxylic acids is 1. The van der Waals surface area contributed by atoms with Crippen LogP contribution in [-0.4, -0.2) is 73.8 Å². The molecule has 2 heterocycles. The number of aliphatic hydroxyl groups is 1. The number of amides is 1. The van der Waals surface area contributed by atoms with Crippen LogP contribution in [0.15, 0.2) is 29.2 Å². The maximum absolute atomic E-state index is 12.7. The predicted molar refractivity (Wildman–Crippen MR) is 95.3 cm³/mol. The highest BCUT2D eigenvalue weighted by atomic mass is 32.2. The predicted octanol–water partition coefficient (Wildman–Crippen LogP) is 1.15. The second kappa shape index (κ2) is 7.43. The number of piperidine rings is 2. The van der Waals surface area contributed by atoms with E-state index in [1.807, 2.05) is 4.90 Å². The van der Waals surface area contributed by atoms with E-state index in [0.29, 0.717) is 24.7 Å². The number of aliphatic hydroxyl groups excluding tert-OH is 1. The molecule has 0 saturated carbocycles. The fraction of sp³-hybridized carbons (Fsp3) is 0.611. The lowest BCUT2D eigenvalue weighted by molar-refractivity contribution is 0.0357. The Bertz CT molecular complexity index is 718. The van der Waals surface area contributed by atoms with Gasteiger partial charge in [0.2, 0.25) is 0 Å². The van der Waals surface area contributed by atoms with Gasteiger partial charge in [-0.25, -0.2) is 8.42 Å². The van der Waals surface area contributed by atoms with Crippen molar-refractivity contribution < 1.29 is 18.3 Å². The summed E-state index contributed by atoms with van der Waals surface area (Å²) in [5, 5.41) is 9.62. The number of nitrogens with zero attached hydrogens (tertiary/aromatic N) is 2. The number of benzene rings is 1. The summed E-state index contributed by atoms with van der Waals surface area (Å²) < 4.78 is 23.4. The Morgan fingerprint density at radius 1 is 1.08 bits per heavy atom. The first-order chi connectivity index (χ1) is 11.8. The first kappa shape index (κ1) is 18.4. The molecule has 0 aromatic heterocycles. The maximum atomic E-state index is 12.7. The van der Waals surface area contributed by atoms with Gasteiger partial charge in [-0.1, -0.05) is 6.07 Å². The third-order valence-electron chi connectivity index (χ3n) is 5.28. The highest BCUT2D eigenvalue weighted by Crippen LogP contribution is 2.22. The number of likely N-dealkylation sites (tertiary alicyclic amines) is 2. The summed E-state index contributed by atoms with van der Waals surface area (Å²) in [5.41, 5.74) is 0.433. The molecule has 138 valence electrons. The zero-order valence-electron chi connectivity index (χ0n) is 14.6. The van der Waals surface area contributed by atoms with E-state index >= 15 is 0 Å². The first-order valence-corrected chi connectivity index (χ1v) is 10.8. The Hall–Kier alpha value is -1.44. The normalized spacial score (nSPS) is 21.4. The Labute approximate surface area is 149 Å². The van der Waals surface area contributed by atoms with Gasteiger partial charge in [0.25, 0.3) is 5.91 Å². The van der Waals surface area contributed by atoms with Gasteiger partial charge >= 0.3 is 0 Å². The Balaban J connectivity index is 1.60.